The van der Waals surface area contributed by atoms with Gasteiger partial charge in [-0.05, 0) is 53.4 Å². The highest BCUT2D eigenvalue weighted by Crippen LogP contribution is 2.17. The Bertz CT molecular complexity index is 311. The van der Waals surface area contributed by atoms with Crippen LogP contribution in [0.2, 0.25) is 0 Å². The van der Waals surface area contributed by atoms with Crippen LogP contribution in [0, 0.1) is 0 Å². The lowest BCUT2D eigenvalue weighted by atomic mass is 10.0. The number of hydrogen-bond donors (Lipinski definition) is 1. The highest BCUT2D eigenvalue weighted by Gasteiger charge is 2.35. The fourth-order valence-electron chi connectivity index (χ4n) is 2.99. The van der Waals surface area contributed by atoms with Crippen molar-refractivity contribution < 1.29 is 9.53 Å². The lowest BCUT2D eigenvalue weighted by Gasteiger charge is -2.34. The molecule has 0 amide bonds. The molecule has 2 unspecified atom stereocenters. The van der Waals surface area contributed by atoms with Gasteiger partial charge in [-0.2, -0.15) is 0 Å². The molecule has 1 aliphatic rings. The van der Waals surface area contributed by atoms with Gasteiger partial charge in [-0.25, -0.2) is 0 Å². The molecule has 1 saturated heterocycles. The zero-order valence-electron chi connectivity index (χ0n) is 13.7. The molecule has 0 saturated carbocycles. The van der Waals surface area contributed by atoms with Gasteiger partial charge in [0.15, 0.2) is 0 Å². The Morgan fingerprint density at radius 1 is 1.55 bits per heavy atom. The van der Waals surface area contributed by atoms with Crippen LogP contribution in [0.15, 0.2) is 0 Å². The maximum atomic E-state index is 12.1. The number of likely N-dealkylation sites (N-methyl/N-ethyl adjacent to an activating group) is 2. The molecule has 1 fully saturated rings. The Morgan fingerprint density at radius 2 is 2.25 bits per heavy atom. The van der Waals surface area contributed by atoms with E-state index in [2.05, 4.69) is 36.1 Å². The fourth-order valence-corrected chi connectivity index (χ4v) is 2.99. The monoisotopic (exact) mass is 285 g/mol. The van der Waals surface area contributed by atoms with Crippen molar-refractivity contribution in [2.45, 2.75) is 44.7 Å². The van der Waals surface area contributed by atoms with Crippen molar-refractivity contribution in [2.75, 3.05) is 47.4 Å². The number of hydrogen-bond acceptors (Lipinski definition) is 5. The molecule has 2 atom stereocenters. The molecular weight excluding hydrogens is 254 g/mol. The minimum absolute atomic E-state index is 0.183. The molecule has 0 bridgehead atoms. The maximum Gasteiger partial charge on any atom is 0.327 e. The number of nitrogens with one attached hydrogen (secondary N) is 1. The molecule has 0 radical (unpaired) electrons. The molecule has 0 aromatic rings. The second kappa shape index (κ2) is 7.96. The van der Waals surface area contributed by atoms with Crippen LogP contribution in [0.25, 0.3) is 0 Å². The van der Waals surface area contributed by atoms with Gasteiger partial charge < -0.3 is 19.9 Å². The van der Waals surface area contributed by atoms with Crippen LogP contribution in [-0.4, -0.2) is 74.7 Å². The molecule has 20 heavy (non-hydrogen) atoms. The zero-order chi connectivity index (χ0) is 15.2. The standard InChI is InChI=1S/C15H31N3O2/c1-6-9-16-15(2,14(19)20-5)12-17(3)11-13-8-7-10-18(13)4/h13,16H,6-12H2,1-5H3. The van der Waals surface area contributed by atoms with Crippen LogP contribution in [0.5, 0.6) is 0 Å². The van der Waals surface area contributed by atoms with Crippen molar-refractivity contribution in [2.24, 2.45) is 0 Å². The zero-order valence-corrected chi connectivity index (χ0v) is 13.7. The van der Waals surface area contributed by atoms with Crippen molar-refractivity contribution in [1.82, 2.24) is 15.1 Å². The summed E-state index contributed by atoms with van der Waals surface area (Å²) >= 11 is 0. The summed E-state index contributed by atoms with van der Waals surface area (Å²) in [7, 11) is 5.72. The summed E-state index contributed by atoms with van der Waals surface area (Å²) in [5, 5.41) is 3.33. The molecule has 1 N–H and O–H groups in total. The van der Waals surface area contributed by atoms with Gasteiger partial charge in [0.2, 0.25) is 0 Å². The summed E-state index contributed by atoms with van der Waals surface area (Å²) in [5.41, 5.74) is -0.628. The number of likely N-dealkylation sites (tertiary alicyclic amines) is 1. The molecule has 0 aromatic carbocycles. The molecule has 0 spiro atoms. The number of nitrogens with zero attached hydrogens (tertiary/aromatic N) is 2. The molecule has 0 aliphatic carbocycles. The number of ether oxygens (including phenoxy) is 1. The van der Waals surface area contributed by atoms with Crippen molar-refractivity contribution >= 4 is 5.97 Å². The predicted octanol–water partition coefficient (Wildman–Crippen LogP) is 0.944. The van der Waals surface area contributed by atoms with E-state index < -0.39 is 5.54 Å². The highest BCUT2D eigenvalue weighted by molar-refractivity contribution is 5.80. The first-order valence-electron chi connectivity index (χ1n) is 7.65. The SMILES string of the molecule is CCCNC(C)(CN(C)CC1CCCN1C)C(=O)OC. The summed E-state index contributed by atoms with van der Waals surface area (Å²) in [6, 6.07) is 0.605. The van der Waals surface area contributed by atoms with Crippen molar-refractivity contribution in [1.29, 1.82) is 0 Å². The van der Waals surface area contributed by atoms with Crippen molar-refractivity contribution in [3.63, 3.8) is 0 Å². The van der Waals surface area contributed by atoms with Crippen LogP contribution in [-0.2, 0) is 9.53 Å². The van der Waals surface area contributed by atoms with E-state index in [1.165, 1.54) is 26.5 Å². The lowest BCUT2D eigenvalue weighted by Crippen LogP contribution is -2.58. The van der Waals surface area contributed by atoms with Gasteiger partial charge in [0.05, 0.1) is 7.11 Å². The third kappa shape index (κ3) is 4.72. The molecule has 0 aromatic heterocycles. The van der Waals surface area contributed by atoms with Gasteiger partial charge in [0, 0.05) is 19.1 Å². The Morgan fingerprint density at radius 3 is 2.75 bits per heavy atom. The topological polar surface area (TPSA) is 44.8 Å². The summed E-state index contributed by atoms with van der Waals surface area (Å²) < 4.78 is 4.97. The average Bonchev–Trinajstić information content (AvgIpc) is 2.80. The normalized spacial score (nSPS) is 23.0. The third-order valence-corrected chi connectivity index (χ3v) is 4.18. The number of methoxy groups -OCH3 is 1. The van der Waals surface area contributed by atoms with E-state index in [9.17, 15) is 4.79 Å². The second-order valence-electron chi connectivity index (χ2n) is 6.22. The van der Waals surface area contributed by atoms with E-state index in [1.54, 1.807) is 0 Å². The minimum Gasteiger partial charge on any atom is -0.468 e. The van der Waals surface area contributed by atoms with Crippen LogP contribution in [0.4, 0.5) is 0 Å². The second-order valence-corrected chi connectivity index (χ2v) is 6.22. The summed E-state index contributed by atoms with van der Waals surface area (Å²) in [6.07, 6.45) is 3.52. The van der Waals surface area contributed by atoms with Gasteiger partial charge in [-0.1, -0.05) is 6.92 Å². The first-order chi connectivity index (χ1) is 9.42. The van der Waals surface area contributed by atoms with Crippen LogP contribution in [0.3, 0.4) is 0 Å². The molecule has 118 valence electrons. The van der Waals surface area contributed by atoms with E-state index in [-0.39, 0.29) is 5.97 Å². The van der Waals surface area contributed by atoms with Crippen molar-refractivity contribution in [3.8, 4) is 0 Å². The predicted molar refractivity (Wildman–Crippen MR) is 81.9 cm³/mol. The number of carbonyl (C=O) groups is 1. The van der Waals surface area contributed by atoms with Crippen LogP contribution in [0.1, 0.15) is 33.1 Å². The molecule has 5 heteroatoms. The van der Waals surface area contributed by atoms with Gasteiger partial charge in [0.1, 0.15) is 5.54 Å². The minimum atomic E-state index is -0.628. The Kier molecular flexibility index (Phi) is 6.92. The number of carbonyl (C=O) groups excluding carboxylic acids is 1. The molecule has 1 rings (SSSR count). The summed E-state index contributed by atoms with van der Waals surface area (Å²) in [5.74, 6) is -0.183. The van der Waals surface area contributed by atoms with E-state index in [0.717, 1.165) is 19.5 Å². The summed E-state index contributed by atoms with van der Waals surface area (Å²) in [6.45, 7) is 7.70. The fraction of sp³-hybridized carbons (Fsp3) is 0.933. The van der Waals surface area contributed by atoms with Crippen molar-refractivity contribution in [3.05, 3.63) is 0 Å². The van der Waals surface area contributed by atoms with Crippen LogP contribution < -0.4 is 5.32 Å². The Balaban J connectivity index is 2.56. The maximum absolute atomic E-state index is 12.1. The number of rotatable bonds is 8. The van der Waals surface area contributed by atoms with Gasteiger partial charge in [-0.15, -0.1) is 0 Å². The van der Waals surface area contributed by atoms with E-state index in [4.69, 9.17) is 4.74 Å². The Labute approximate surface area is 123 Å². The van der Waals surface area contributed by atoms with Gasteiger partial charge >= 0.3 is 5.97 Å². The number of esters is 1. The van der Waals surface area contributed by atoms with Gasteiger partial charge in [-0.3, -0.25) is 4.79 Å². The quantitative estimate of drug-likeness (QED) is 0.673. The molecule has 1 heterocycles. The lowest BCUT2D eigenvalue weighted by molar-refractivity contribution is -0.148. The Hall–Kier alpha value is -0.650. The first-order valence-corrected chi connectivity index (χ1v) is 7.65. The molecule has 1 aliphatic heterocycles. The smallest absolute Gasteiger partial charge is 0.327 e. The van der Waals surface area contributed by atoms with E-state index in [0.29, 0.717) is 12.6 Å². The average molecular weight is 285 g/mol. The van der Waals surface area contributed by atoms with Gasteiger partial charge in [0.25, 0.3) is 0 Å². The molecular formula is C15H31N3O2. The van der Waals surface area contributed by atoms with E-state index in [1.807, 2.05) is 6.92 Å². The van der Waals surface area contributed by atoms with Crippen LogP contribution >= 0.6 is 0 Å². The summed E-state index contributed by atoms with van der Waals surface area (Å²) in [4.78, 5) is 16.7. The molecule has 5 nitrogen and oxygen atoms in total. The third-order valence-electron chi connectivity index (χ3n) is 4.18. The highest BCUT2D eigenvalue weighted by atomic mass is 16.5. The largest absolute Gasteiger partial charge is 0.468 e. The van der Waals surface area contributed by atoms with E-state index >= 15 is 0 Å². The first kappa shape index (κ1) is 17.4.